The molecule has 1 aromatic rings. The van der Waals surface area contributed by atoms with E-state index in [-0.39, 0.29) is 0 Å². The molecule has 0 aliphatic carbocycles. The van der Waals surface area contributed by atoms with E-state index in [4.69, 9.17) is 5.14 Å². The van der Waals surface area contributed by atoms with Crippen LogP contribution in [0, 0.1) is 11.6 Å². The number of benzene rings is 1. The summed E-state index contributed by atoms with van der Waals surface area (Å²) in [7, 11) is -2.59. The van der Waals surface area contributed by atoms with Gasteiger partial charge in [-0.2, -0.15) is 12.7 Å². The summed E-state index contributed by atoms with van der Waals surface area (Å²) < 4.78 is 48.5. The molecule has 0 saturated carbocycles. The first-order valence-electron chi connectivity index (χ1n) is 4.44. The normalized spacial score (nSPS) is 14.1. The van der Waals surface area contributed by atoms with E-state index in [1.54, 1.807) is 0 Å². The molecule has 0 amide bonds. The molecule has 1 unspecified atom stereocenters. The molecule has 1 rings (SSSR count). The van der Waals surface area contributed by atoms with Crippen LogP contribution in [-0.2, 0) is 10.2 Å². The van der Waals surface area contributed by atoms with E-state index >= 15 is 0 Å². The highest BCUT2D eigenvalue weighted by Crippen LogP contribution is 2.21. The number of hydrogen-bond donors (Lipinski definition) is 1. The van der Waals surface area contributed by atoms with E-state index in [0.717, 1.165) is 16.4 Å². The van der Waals surface area contributed by atoms with Crippen molar-refractivity contribution < 1.29 is 17.2 Å². The van der Waals surface area contributed by atoms with Crippen LogP contribution in [0.3, 0.4) is 0 Å². The van der Waals surface area contributed by atoms with E-state index in [2.05, 4.69) is 0 Å². The van der Waals surface area contributed by atoms with Crippen molar-refractivity contribution in [2.24, 2.45) is 5.14 Å². The third-order valence-electron chi connectivity index (χ3n) is 2.37. The minimum absolute atomic E-state index is 0.329. The van der Waals surface area contributed by atoms with E-state index in [0.29, 0.717) is 5.56 Å². The zero-order valence-electron chi connectivity index (χ0n) is 8.81. The second kappa shape index (κ2) is 4.44. The maximum atomic E-state index is 12.9. The van der Waals surface area contributed by atoms with Gasteiger partial charge in [-0.25, -0.2) is 13.9 Å². The molecule has 90 valence electrons. The fourth-order valence-corrected chi connectivity index (χ4v) is 1.77. The first-order valence-corrected chi connectivity index (χ1v) is 5.94. The number of hydrogen-bond acceptors (Lipinski definition) is 2. The van der Waals surface area contributed by atoms with Crippen molar-refractivity contribution in [1.29, 1.82) is 0 Å². The van der Waals surface area contributed by atoms with E-state index < -0.39 is 27.9 Å². The Morgan fingerprint density at radius 1 is 1.31 bits per heavy atom. The van der Waals surface area contributed by atoms with Gasteiger partial charge in [-0.05, 0) is 24.6 Å². The Balaban J connectivity index is 3.06. The molecule has 0 spiro atoms. The molecule has 0 fully saturated rings. The average Bonchev–Trinajstić information content (AvgIpc) is 2.18. The first kappa shape index (κ1) is 13.0. The molecular weight excluding hydrogens is 238 g/mol. The maximum Gasteiger partial charge on any atom is 0.277 e. The topological polar surface area (TPSA) is 63.4 Å². The average molecular weight is 250 g/mol. The van der Waals surface area contributed by atoms with Crippen LogP contribution < -0.4 is 5.14 Å². The Labute approximate surface area is 92.9 Å². The lowest BCUT2D eigenvalue weighted by atomic mass is 10.1. The highest BCUT2D eigenvalue weighted by atomic mass is 32.2. The molecule has 0 radical (unpaired) electrons. The van der Waals surface area contributed by atoms with Crippen LogP contribution in [0.5, 0.6) is 0 Å². The second-order valence-corrected chi connectivity index (χ2v) is 5.02. The van der Waals surface area contributed by atoms with Crippen LogP contribution in [0.2, 0.25) is 0 Å². The Kier molecular flexibility index (Phi) is 3.61. The Hall–Kier alpha value is -1.05. The Morgan fingerprint density at radius 2 is 1.88 bits per heavy atom. The number of nitrogens with two attached hydrogens (primary N) is 1. The third-order valence-corrected chi connectivity index (χ3v) is 3.49. The van der Waals surface area contributed by atoms with Crippen LogP contribution in [-0.4, -0.2) is 19.8 Å². The van der Waals surface area contributed by atoms with Crippen molar-refractivity contribution in [3.63, 3.8) is 0 Å². The Bertz CT molecular complexity index is 490. The van der Waals surface area contributed by atoms with Gasteiger partial charge in [0.15, 0.2) is 11.6 Å². The van der Waals surface area contributed by atoms with Gasteiger partial charge >= 0.3 is 0 Å². The van der Waals surface area contributed by atoms with Crippen molar-refractivity contribution in [3.8, 4) is 0 Å². The largest absolute Gasteiger partial charge is 0.277 e. The number of nitrogens with zero attached hydrogens (tertiary/aromatic N) is 1. The van der Waals surface area contributed by atoms with Crippen molar-refractivity contribution >= 4 is 10.2 Å². The molecule has 0 aliphatic rings. The lowest BCUT2D eigenvalue weighted by molar-refractivity contribution is 0.396. The minimum Gasteiger partial charge on any atom is -0.216 e. The summed E-state index contributed by atoms with van der Waals surface area (Å²) in [6.45, 7) is 1.52. The van der Waals surface area contributed by atoms with E-state index in [1.165, 1.54) is 20.0 Å². The number of halogens is 2. The van der Waals surface area contributed by atoms with E-state index in [9.17, 15) is 17.2 Å². The molecule has 1 aromatic carbocycles. The zero-order valence-corrected chi connectivity index (χ0v) is 9.63. The lowest BCUT2D eigenvalue weighted by Gasteiger charge is -2.22. The molecule has 0 bridgehead atoms. The maximum absolute atomic E-state index is 12.9. The van der Waals surface area contributed by atoms with Gasteiger partial charge in [0, 0.05) is 13.1 Å². The highest BCUT2D eigenvalue weighted by Gasteiger charge is 2.21. The zero-order chi connectivity index (χ0) is 12.5. The fraction of sp³-hybridized carbons (Fsp3) is 0.333. The van der Waals surface area contributed by atoms with Gasteiger partial charge in [0.2, 0.25) is 0 Å². The molecule has 0 saturated heterocycles. The number of rotatable bonds is 3. The van der Waals surface area contributed by atoms with Crippen LogP contribution in [0.25, 0.3) is 0 Å². The second-order valence-electron chi connectivity index (χ2n) is 3.41. The minimum atomic E-state index is -3.86. The molecule has 0 aromatic heterocycles. The van der Waals surface area contributed by atoms with Gasteiger partial charge in [-0.3, -0.25) is 0 Å². The summed E-state index contributed by atoms with van der Waals surface area (Å²) in [6, 6.07) is 2.54. The molecular formula is C9H12F2N2O2S. The van der Waals surface area contributed by atoms with Crippen LogP contribution in [0.15, 0.2) is 18.2 Å². The van der Waals surface area contributed by atoms with Crippen LogP contribution in [0.1, 0.15) is 18.5 Å². The van der Waals surface area contributed by atoms with Crippen LogP contribution in [0.4, 0.5) is 8.78 Å². The third kappa shape index (κ3) is 2.75. The summed E-state index contributed by atoms with van der Waals surface area (Å²) >= 11 is 0. The van der Waals surface area contributed by atoms with Crippen molar-refractivity contribution in [2.75, 3.05) is 7.05 Å². The van der Waals surface area contributed by atoms with Crippen LogP contribution >= 0.6 is 0 Å². The molecule has 1 atom stereocenters. The highest BCUT2D eigenvalue weighted by molar-refractivity contribution is 7.86. The van der Waals surface area contributed by atoms with Crippen molar-refractivity contribution in [1.82, 2.24) is 4.31 Å². The molecule has 2 N–H and O–H groups in total. The summed E-state index contributed by atoms with van der Waals surface area (Å²) in [5.74, 6) is -2.00. The van der Waals surface area contributed by atoms with Gasteiger partial charge in [-0.1, -0.05) is 6.07 Å². The molecule has 0 aliphatic heterocycles. The predicted octanol–water partition coefficient (Wildman–Crippen LogP) is 1.16. The monoisotopic (exact) mass is 250 g/mol. The summed E-state index contributed by atoms with van der Waals surface area (Å²) in [5, 5.41) is 4.92. The van der Waals surface area contributed by atoms with Gasteiger partial charge in [0.1, 0.15) is 0 Å². The lowest BCUT2D eigenvalue weighted by Crippen LogP contribution is -2.35. The summed E-state index contributed by atoms with van der Waals surface area (Å²) in [5.41, 5.74) is 0.329. The summed E-state index contributed by atoms with van der Waals surface area (Å²) in [4.78, 5) is 0. The Morgan fingerprint density at radius 3 is 2.31 bits per heavy atom. The fourth-order valence-electron chi connectivity index (χ4n) is 1.20. The molecule has 4 nitrogen and oxygen atoms in total. The molecule has 7 heteroatoms. The smallest absolute Gasteiger partial charge is 0.216 e. The molecule has 16 heavy (non-hydrogen) atoms. The molecule has 0 heterocycles. The van der Waals surface area contributed by atoms with Gasteiger partial charge in [0.05, 0.1) is 0 Å². The summed E-state index contributed by atoms with van der Waals surface area (Å²) in [6.07, 6.45) is 0. The van der Waals surface area contributed by atoms with Crippen molar-refractivity contribution in [2.45, 2.75) is 13.0 Å². The standard InChI is InChI=1S/C9H12F2N2O2S/c1-6(13(2)16(12,14)15)7-3-4-8(10)9(11)5-7/h3-6H,1-2H3,(H2,12,14,15). The van der Waals surface area contributed by atoms with Gasteiger partial charge in [-0.15, -0.1) is 0 Å². The SMILES string of the molecule is CC(c1ccc(F)c(F)c1)N(C)S(N)(=O)=O. The quantitative estimate of drug-likeness (QED) is 0.875. The van der Waals surface area contributed by atoms with Gasteiger partial charge in [0.25, 0.3) is 10.2 Å². The first-order chi connectivity index (χ1) is 7.23. The predicted molar refractivity (Wildman–Crippen MR) is 55.6 cm³/mol. The van der Waals surface area contributed by atoms with Gasteiger partial charge < -0.3 is 0 Å². The van der Waals surface area contributed by atoms with Crippen molar-refractivity contribution in [3.05, 3.63) is 35.4 Å². The van der Waals surface area contributed by atoms with E-state index in [1.807, 2.05) is 0 Å².